The number of fused-ring (bicyclic) bond motifs is 1. The Morgan fingerprint density at radius 1 is 1.19 bits per heavy atom. The predicted octanol–water partition coefficient (Wildman–Crippen LogP) is 3.00. The molecule has 1 N–H and O–H groups in total. The third-order valence-corrected chi connectivity index (χ3v) is 4.18. The van der Waals surface area contributed by atoms with Gasteiger partial charge in [-0.05, 0) is 37.6 Å². The van der Waals surface area contributed by atoms with E-state index in [0.717, 1.165) is 36.4 Å². The lowest BCUT2D eigenvalue weighted by molar-refractivity contribution is 0.0932. The van der Waals surface area contributed by atoms with Crippen LogP contribution < -0.4 is 9.47 Å². The molecule has 0 bridgehead atoms. The molecule has 1 heterocycles. The van der Waals surface area contributed by atoms with Crippen molar-refractivity contribution in [3.05, 3.63) is 23.8 Å². The zero-order valence-corrected chi connectivity index (χ0v) is 13.3. The minimum Gasteiger partial charge on any atom is -0.490 e. The summed E-state index contributed by atoms with van der Waals surface area (Å²) in [6.45, 7) is 9.44. The van der Waals surface area contributed by atoms with Crippen LogP contribution in [0.5, 0.6) is 11.5 Å². The number of aliphatic hydroxyl groups excluding tert-OH is 1. The normalized spacial score (nSPS) is 17.4. The molecule has 2 rings (SSSR count). The first-order chi connectivity index (χ1) is 10.2. The Kier molecular flexibility index (Phi) is 5.88. The molecule has 21 heavy (non-hydrogen) atoms. The lowest BCUT2D eigenvalue weighted by Crippen LogP contribution is -2.35. The summed E-state index contributed by atoms with van der Waals surface area (Å²) < 4.78 is 11.3. The van der Waals surface area contributed by atoms with E-state index in [1.54, 1.807) is 0 Å². The highest BCUT2D eigenvalue weighted by atomic mass is 16.5. The molecule has 2 unspecified atom stereocenters. The number of hydrogen-bond acceptors (Lipinski definition) is 4. The molecule has 1 aliphatic heterocycles. The highest BCUT2D eigenvalue weighted by Gasteiger charge is 2.18. The van der Waals surface area contributed by atoms with Crippen LogP contribution in [0, 0.1) is 0 Å². The number of rotatable bonds is 6. The summed E-state index contributed by atoms with van der Waals surface area (Å²) in [4.78, 5) is 2.30. The predicted molar refractivity (Wildman–Crippen MR) is 84.0 cm³/mol. The van der Waals surface area contributed by atoms with Gasteiger partial charge in [-0.3, -0.25) is 4.90 Å². The number of hydrogen-bond donors (Lipinski definition) is 1. The second-order valence-corrected chi connectivity index (χ2v) is 5.62. The van der Waals surface area contributed by atoms with Gasteiger partial charge in [0.1, 0.15) is 0 Å². The molecule has 1 aromatic carbocycles. The van der Waals surface area contributed by atoms with Crippen molar-refractivity contribution < 1.29 is 14.6 Å². The third kappa shape index (κ3) is 4.11. The van der Waals surface area contributed by atoms with E-state index in [4.69, 9.17) is 9.47 Å². The van der Waals surface area contributed by atoms with Crippen LogP contribution in [0.4, 0.5) is 0 Å². The van der Waals surface area contributed by atoms with E-state index >= 15 is 0 Å². The smallest absolute Gasteiger partial charge is 0.161 e. The lowest BCUT2D eigenvalue weighted by atomic mass is 10.1. The van der Waals surface area contributed by atoms with E-state index in [2.05, 4.69) is 25.7 Å². The molecule has 0 saturated heterocycles. The molecule has 0 fully saturated rings. The molecule has 0 aromatic heterocycles. The van der Waals surface area contributed by atoms with Gasteiger partial charge in [-0.15, -0.1) is 0 Å². The van der Waals surface area contributed by atoms with Gasteiger partial charge in [0.15, 0.2) is 11.5 Å². The first-order valence-corrected chi connectivity index (χ1v) is 7.97. The molecule has 1 aromatic rings. The van der Waals surface area contributed by atoms with Crippen LogP contribution in [0.15, 0.2) is 18.2 Å². The van der Waals surface area contributed by atoms with Crippen LogP contribution in [0.25, 0.3) is 0 Å². The van der Waals surface area contributed by atoms with Gasteiger partial charge in [0, 0.05) is 19.0 Å². The standard InChI is InChI=1S/C17H27NO3/c1-4-13(3)18(5-2)12-15(19)14-7-8-16-17(11-14)21-10-6-9-20-16/h7-8,11,13,15,19H,4-6,9-10,12H2,1-3H3. The molecule has 0 saturated carbocycles. The number of nitrogens with zero attached hydrogens (tertiary/aromatic N) is 1. The summed E-state index contributed by atoms with van der Waals surface area (Å²) in [6, 6.07) is 6.22. The van der Waals surface area contributed by atoms with Crippen LogP contribution in [-0.4, -0.2) is 42.4 Å². The minimum absolute atomic E-state index is 0.477. The van der Waals surface area contributed by atoms with Crippen LogP contribution in [0.1, 0.15) is 45.3 Å². The van der Waals surface area contributed by atoms with E-state index in [1.165, 1.54) is 0 Å². The van der Waals surface area contributed by atoms with Crippen molar-refractivity contribution in [2.24, 2.45) is 0 Å². The highest BCUT2D eigenvalue weighted by molar-refractivity contribution is 5.44. The van der Waals surface area contributed by atoms with Crippen molar-refractivity contribution >= 4 is 0 Å². The van der Waals surface area contributed by atoms with Gasteiger partial charge in [-0.1, -0.05) is 19.9 Å². The molecule has 0 aliphatic carbocycles. The van der Waals surface area contributed by atoms with E-state index in [-0.39, 0.29) is 0 Å². The number of likely N-dealkylation sites (N-methyl/N-ethyl adjacent to an activating group) is 1. The molecule has 2 atom stereocenters. The molecule has 1 aliphatic rings. The Labute approximate surface area is 127 Å². The Hall–Kier alpha value is -1.26. The van der Waals surface area contributed by atoms with Gasteiger partial charge in [-0.25, -0.2) is 0 Å². The summed E-state index contributed by atoms with van der Waals surface area (Å²) >= 11 is 0. The molecule has 0 radical (unpaired) electrons. The summed E-state index contributed by atoms with van der Waals surface area (Å²) in [7, 11) is 0. The van der Waals surface area contributed by atoms with Crippen molar-refractivity contribution in [1.82, 2.24) is 4.90 Å². The van der Waals surface area contributed by atoms with Gasteiger partial charge < -0.3 is 14.6 Å². The van der Waals surface area contributed by atoms with Crippen molar-refractivity contribution in [2.45, 2.75) is 45.8 Å². The molecule has 118 valence electrons. The lowest BCUT2D eigenvalue weighted by Gasteiger charge is -2.29. The summed E-state index contributed by atoms with van der Waals surface area (Å²) in [5.74, 6) is 1.52. The summed E-state index contributed by atoms with van der Waals surface area (Å²) in [6.07, 6.45) is 1.47. The van der Waals surface area contributed by atoms with Gasteiger partial charge in [-0.2, -0.15) is 0 Å². The quantitative estimate of drug-likeness (QED) is 0.875. The number of ether oxygens (including phenoxy) is 2. The molecule has 4 heteroatoms. The van der Waals surface area contributed by atoms with Gasteiger partial charge >= 0.3 is 0 Å². The number of benzene rings is 1. The van der Waals surface area contributed by atoms with Gasteiger partial charge in [0.25, 0.3) is 0 Å². The van der Waals surface area contributed by atoms with Crippen LogP contribution in [0.2, 0.25) is 0 Å². The van der Waals surface area contributed by atoms with Gasteiger partial charge in [0.2, 0.25) is 0 Å². The first-order valence-electron chi connectivity index (χ1n) is 7.97. The maximum atomic E-state index is 10.5. The Morgan fingerprint density at radius 2 is 1.90 bits per heavy atom. The third-order valence-electron chi connectivity index (χ3n) is 4.18. The summed E-state index contributed by atoms with van der Waals surface area (Å²) in [5, 5.41) is 10.5. The Bertz CT molecular complexity index is 450. The topological polar surface area (TPSA) is 41.9 Å². The fourth-order valence-electron chi connectivity index (χ4n) is 2.59. The first kappa shape index (κ1) is 16.1. The average Bonchev–Trinajstić information content (AvgIpc) is 2.76. The Balaban J connectivity index is 2.08. The van der Waals surface area contributed by atoms with Crippen LogP contribution in [0.3, 0.4) is 0 Å². The van der Waals surface area contributed by atoms with Crippen molar-refractivity contribution in [2.75, 3.05) is 26.3 Å². The Morgan fingerprint density at radius 3 is 2.57 bits per heavy atom. The largest absolute Gasteiger partial charge is 0.490 e. The molecule has 0 spiro atoms. The second kappa shape index (κ2) is 7.66. The van der Waals surface area contributed by atoms with Crippen molar-refractivity contribution in [3.63, 3.8) is 0 Å². The zero-order valence-electron chi connectivity index (χ0n) is 13.3. The van der Waals surface area contributed by atoms with Gasteiger partial charge in [0.05, 0.1) is 19.3 Å². The zero-order chi connectivity index (χ0) is 15.2. The van der Waals surface area contributed by atoms with Crippen LogP contribution in [-0.2, 0) is 0 Å². The maximum Gasteiger partial charge on any atom is 0.161 e. The molecule has 4 nitrogen and oxygen atoms in total. The van der Waals surface area contributed by atoms with E-state index in [9.17, 15) is 5.11 Å². The van der Waals surface area contributed by atoms with E-state index < -0.39 is 6.10 Å². The average molecular weight is 293 g/mol. The van der Waals surface area contributed by atoms with Crippen molar-refractivity contribution in [3.8, 4) is 11.5 Å². The molecular formula is C17H27NO3. The number of aliphatic hydroxyl groups is 1. The monoisotopic (exact) mass is 293 g/mol. The maximum absolute atomic E-state index is 10.5. The molecule has 0 amide bonds. The summed E-state index contributed by atoms with van der Waals surface area (Å²) in [5.41, 5.74) is 0.890. The van der Waals surface area contributed by atoms with E-state index in [0.29, 0.717) is 25.8 Å². The van der Waals surface area contributed by atoms with Crippen molar-refractivity contribution in [1.29, 1.82) is 0 Å². The fraction of sp³-hybridized carbons (Fsp3) is 0.647. The van der Waals surface area contributed by atoms with Crippen LogP contribution >= 0.6 is 0 Å². The SMILES string of the molecule is CCC(C)N(CC)CC(O)c1ccc2c(c1)OCCCO2. The minimum atomic E-state index is -0.504. The fourth-order valence-corrected chi connectivity index (χ4v) is 2.59. The second-order valence-electron chi connectivity index (χ2n) is 5.62. The van der Waals surface area contributed by atoms with E-state index in [1.807, 2.05) is 18.2 Å². The molecular weight excluding hydrogens is 266 g/mol. The highest BCUT2D eigenvalue weighted by Crippen LogP contribution is 2.32.